The van der Waals surface area contributed by atoms with Crippen molar-refractivity contribution in [2.45, 2.75) is 0 Å². The molecule has 128 valence electrons. The van der Waals surface area contributed by atoms with Crippen LogP contribution in [0, 0.1) is 0 Å². The predicted octanol–water partition coefficient (Wildman–Crippen LogP) is 3.54. The molecule has 0 fully saturated rings. The number of nitrogens with zero attached hydrogens (tertiary/aromatic N) is 2. The Labute approximate surface area is 149 Å². The van der Waals surface area contributed by atoms with Gasteiger partial charge in [0.15, 0.2) is 0 Å². The first-order valence-electron chi connectivity index (χ1n) is 8.03. The van der Waals surface area contributed by atoms with Crippen LogP contribution in [0.1, 0.15) is 10.4 Å². The van der Waals surface area contributed by atoms with E-state index in [1.165, 1.54) is 0 Å². The van der Waals surface area contributed by atoms with E-state index >= 15 is 0 Å². The van der Waals surface area contributed by atoms with Crippen molar-refractivity contribution < 1.29 is 4.79 Å². The van der Waals surface area contributed by atoms with Crippen LogP contribution >= 0.6 is 0 Å². The van der Waals surface area contributed by atoms with E-state index < -0.39 is 0 Å². The highest BCUT2D eigenvalue weighted by molar-refractivity contribution is 6.04. The molecule has 0 saturated heterocycles. The highest BCUT2D eigenvalue weighted by Crippen LogP contribution is 2.24. The van der Waals surface area contributed by atoms with E-state index in [-0.39, 0.29) is 11.9 Å². The molecule has 4 aromatic rings. The van der Waals surface area contributed by atoms with Crippen molar-refractivity contribution in [2.24, 2.45) is 0 Å². The van der Waals surface area contributed by atoms with Gasteiger partial charge in [0.05, 0.1) is 5.39 Å². The van der Waals surface area contributed by atoms with Crippen molar-refractivity contribution in [2.75, 3.05) is 16.4 Å². The van der Waals surface area contributed by atoms with Gasteiger partial charge in [-0.2, -0.15) is 9.97 Å². The molecule has 0 spiro atoms. The van der Waals surface area contributed by atoms with Crippen LogP contribution in [0.3, 0.4) is 0 Å². The van der Waals surface area contributed by atoms with Gasteiger partial charge in [-0.25, -0.2) is 0 Å². The van der Waals surface area contributed by atoms with Gasteiger partial charge >= 0.3 is 0 Å². The van der Waals surface area contributed by atoms with Gasteiger partial charge < -0.3 is 21.4 Å². The minimum absolute atomic E-state index is 0.165. The second kappa shape index (κ2) is 6.56. The lowest BCUT2D eigenvalue weighted by molar-refractivity contribution is 0.102. The van der Waals surface area contributed by atoms with Gasteiger partial charge in [-0.15, -0.1) is 0 Å². The van der Waals surface area contributed by atoms with Gasteiger partial charge in [-0.3, -0.25) is 4.79 Å². The Morgan fingerprint density at radius 2 is 1.69 bits per heavy atom. The Balaban J connectivity index is 1.52. The number of anilines is 4. The number of carbonyl (C=O) groups is 1. The van der Waals surface area contributed by atoms with E-state index in [1.54, 1.807) is 18.3 Å². The topological polar surface area (TPSA) is 109 Å². The second-order valence-corrected chi connectivity index (χ2v) is 5.69. The van der Waals surface area contributed by atoms with Crippen molar-refractivity contribution in [3.63, 3.8) is 0 Å². The van der Waals surface area contributed by atoms with Crippen LogP contribution in [0.15, 0.2) is 66.9 Å². The summed E-state index contributed by atoms with van der Waals surface area (Å²) in [6, 6.07) is 18.3. The van der Waals surface area contributed by atoms with Crippen molar-refractivity contribution in [1.82, 2.24) is 15.0 Å². The SMILES string of the molecule is Nc1nc(Nc2ccc(C(=O)Nc3ccccc3)cc2)c2cc[nH]c2n1. The van der Waals surface area contributed by atoms with E-state index in [4.69, 9.17) is 5.73 Å². The summed E-state index contributed by atoms with van der Waals surface area (Å²) >= 11 is 0. The molecular weight excluding hydrogens is 328 g/mol. The summed E-state index contributed by atoms with van der Waals surface area (Å²) in [5, 5.41) is 6.90. The van der Waals surface area contributed by atoms with Crippen LogP contribution in [0.25, 0.3) is 11.0 Å². The Kier molecular flexibility index (Phi) is 3.95. The lowest BCUT2D eigenvalue weighted by atomic mass is 10.2. The average molecular weight is 344 g/mol. The fraction of sp³-hybridized carbons (Fsp3) is 0. The summed E-state index contributed by atoms with van der Waals surface area (Å²) in [4.78, 5) is 23.7. The summed E-state index contributed by atoms with van der Waals surface area (Å²) in [6.07, 6.45) is 1.78. The molecule has 0 aliphatic carbocycles. The molecule has 5 N–H and O–H groups in total. The molecule has 7 nitrogen and oxygen atoms in total. The van der Waals surface area contributed by atoms with E-state index in [2.05, 4.69) is 25.6 Å². The number of fused-ring (bicyclic) bond motifs is 1. The largest absolute Gasteiger partial charge is 0.368 e. The molecule has 0 aliphatic heterocycles. The fourth-order valence-corrected chi connectivity index (χ4v) is 2.62. The van der Waals surface area contributed by atoms with Gasteiger partial charge in [-0.1, -0.05) is 18.2 Å². The number of para-hydroxylation sites is 1. The van der Waals surface area contributed by atoms with Crippen molar-refractivity contribution in [3.05, 3.63) is 72.4 Å². The zero-order chi connectivity index (χ0) is 17.9. The van der Waals surface area contributed by atoms with Crippen LogP contribution < -0.4 is 16.4 Å². The highest BCUT2D eigenvalue weighted by Gasteiger charge is 2.09. The van der Waals surface area contributed by atoms with Crippen molar-refractivity contribution in [3.8, 4) is 0 Å². The summed E-state index contributed by atoms with van der Waals surface area (Å²) in [7, 11) is 0. The molecule has 2 aromatic heterocycles. The number of H-pyrrole nitrogens is 1. The number of aromatic amines is 1. The van der Waals surface area contributed by atoms with Crippen molar-refractivity contribution in [1.29, 1.82) is 0 Å². The third-order valence-corrected chi connectivity index (χ3v) is 3.87. The molecule has 0 radical (unpaired) electrons. The van der Waals surface area contributed by atoms with Gasteiger partial charge in [0.2, 0.25) is 5.95 Å². The maximum Gasteiger partial charge on any atom is 0.255 e. The lowest BCUT2D eigenvalue weighted by Gasteiger charge is -2.09. The van der Waals surface area contributed by atoms with Gasteiger partial charge in [0.25, 0.3) is 5.91 Å². The molecule has 1 amide bonds. The number of hydrogen-bond acceptors (Lipinski definition) is 5. The molecule has 0 atom stereocenters. The molecule has 0 bridgehead atoms. The van der Waals surface area contributed by atoms with Crippen molar-refractivity contribution >= 4 is 40.1 Å². The van der Waals surface area contributed by atoms with Gasteiger partial charge in [-0.05, 0) is 42.5 Å². The maximum atomic E-state index is 12.3. The first-order chi connectivity index (χ1) is 12.7. The summed E-state index contributed by atoms with van der Waals surface area (Å²) in [5.74, 6) is 0.624. The Bertz CT molecular complexity index is 1060. The summed E-state index contributed by atoms with van der Waals surface area (Å²) < 4.78 is 0. The van der Waals surface area contributed by atoms with E-state index in [9.17, 15) is 4.79 Å². The zero-order valence-electron chi connectivity index (χ0n) is 13.7. The zero-order valence-corrected chi connectivity index (χ0v) is 13.7. The number of carbonyl (C=O) groups excluding carboxylic acids is 1. The molecule has 2 heterocycles. The van der Waals surface area contributed by atoms with E-state index in [0.29, 0.717) is 17.0 Å². The molecule has 0 unspecified atom stereocenters. The highest BCUT2D eigenvalue weighted by atomic mass is 16.1. The first-order valence-corrected chi connectivity index (χ1v) is 8.03. The van der Waals surface area contributed by atoms with Crippen LogP contribution in [-0.2, 0) is 0 Å². The minimum atomic E-state index is -0.165. The number of amides is 1. The molecule has 2 aromatic carbocycles. The Morgan fingerprint density at radius 3 is 2.46 bits per heavy atom. The minimum Gasteiger partial charge on any atom is -0.368 e. The smallest absolute Gasteiger partial charge is 0.255 e. The molecule has 0 aliphatic rings. The standard InChI is InChI=1S/C19H16N6O/c20-19-24-16-15(10-11-21-16)17(25-19)22-14-8-6-12(7-9-14)18(26)23-13-4-2-1-3-5-13/h1-11H,(H,23,26)(H4,20,21,22,24,25). The fourth-order valence-electron chi connectivity index (χ4n) is 2.62. The number of nitrogens with two attached hydrogens (primary N) is 1. The molecule has 0 saturated carbocycles. The number of hydrogen-bond donors (Lipinski definition) is 4. The van der Waals surface area contributed by atoms with E-state index in [0.717, 1.165) is 16.8 Å². The van der Waals surface area contributed by atoms with Crippen LogP contribution in [0.5, 0.6) is 0 Å². The summed E-state index contributed by atoms with van der Waals surface area (Å²) in [6.45, 7) is 0. The third kappa shape index (κ3) is 3.18. The first kappa shape index (κ1) is 15.6. The molecular formula is C19H16N6O. The normalized spacial score (nSPS) is 10.6. The Morgan fingerprint density at radius 1 is 0.923 bits per heavy atom. The van der Waals surface area contributed by atoms with Crippen LogP contribution in [0.2, 0.25) is 0 Å². The number of aromatic nitrogens is 3. The number of nitrogens with one attached hydrogen (secondary N) is 3. The quantitative estimate of drug-likeness (QED) is 0.453. The Hall–Kier alpha value is -3.87. The maximum absolute atomic E-state index is 12.3. The van der Waals surface area contributed by atoms with Gasteiger partial charge in [0.1, 0.15) is 11.5 Å². The molecule has 26 heavy (non-hydrogen) atoms. The van der Waals surface area contributed by atoms with Crippen LogP contribution in [-0.4, -0.2) is 20.9 Å². The molecule has 7 heteroatoms. The predicted molar refractivity (Wildman–Crippen MR) is 102 cm³/mol. The lowest BCUT2D eigenvalue weighted by Crippen LogP contribution is -2.11. The average Bonchev–Trinajstić information content (AvgIpc) is 3.11. The van der Waals surface area contributed by atoms with E-state index in [1.807, 2.05) is 48.5 Å². The third-order valence-electron chi connectivity index (χ3n) is 3.87. The summed E-state index contributed by atoms with van der Waals surface area (Å²) in [5.41, 5.74) is 8.52. The van der Waals surface area contributed by atoms with Gasteiger partial charge in [0, 0.05) is 23.1 Å². The number of rotatable bonds is 4. The second-order valence-electron chi connectivity index (χ2n) is 5.69. The number of benzene rings is 2. The monoisotopic (exact) mass is 344 g/mol. The molecule has 4 rings (SSSR count). The number of nitrogen functional groups attached to an aromatic ring is 1. The van der Waals surface area contributed by atoms with Crippen LogP contribution in [0.4, 0.5) is 23.1 Å².